The predicted molar refractivity (Wildman–Crippen MR) is 112 cm³/mol. The molecule has 2 N–H and O–H groups in total. The molecular weight excluding hydrogens is 348 g/mol. The van der Waals surface area contributed by atoms with Crippen molar-refractivity contribution in [1.82, 2.24) is 30.1 Å². The number of aromatic nitrogens is 5. The zero-order chi connectivity index (χ0) is 19.8. The Kier molecular flexibility index (Phi) is 4.73. The number of nitrogens with zero attached hydrogens (tertiary/aromatic N) is 4. The summed E-state index contributed by atoms with van der Waals surface area (Å²) >= 11 is 0. The van der Waals surface area contributed by atoms with Gasteiger partial charge in [0.2, 0.25) is 0 Å². The van der Waals surface area contributed by atoms with Gasteiger partial charge in [-0.2, -0.15) is 10.2 Å². The smallest absolute Gasteiger partial charge is 0.158 e. The minimum atomic E-state index is 0.325. The molecule has 3 heterocycles. The second-order valence-electron chi connectivity index (χ2n) is 7.59. The fourth-order valence-corrected chi connectivity index (χ4v) is 3.68. The Bertz CT molecular complexity index is 1100. The summed E-state index contributed by atoms with van der Waals surface area (Å²) in [5.74, 6) is 0.325. The van der Waals surface area contributed by atoms with Gasteiger partial charge in [-0.1, -0.05) is 38.1 Å². The van der Waals surface area contributed by atoms with Crippen LogP contribution in [-0.4, -0.2) is 31.8 Å². The number of hydrogen-bond donors (Lipinski definition) is 2. The minimum absolute atomic E-state index is 0.325. The Balaban J connectivity index is 1.81. The van der Waals surface area contributed by atoms with Crippen molar-refractivity contribution in [3.05, 3.63) is 59.5 Å². The number of H-pyrrole nitrogens is 1. The van der Waals surface area contributed by atoms with E-state index in [2.05, 4.69) is 78.5 Å². The van der Waals surface area contributed by atoms with Gasteiger partial charge >= 0.3 is 0 Å². The zero-order valence-corrected chi connectivity index (χ0v) is 17.0. The van der Waals surface area contributed by atoms with Crippen LogP contribution < -0.4 is 5.32 Å². The molecule has 0 fully saturated rings. The summed E-state index contributed by atoms with van der Waals surface area (Å²) < 4.78 is 1.82. The number of fused-ring (bicyclic) bond motifs is 1. The van der Waals surface area contributed by atoms with Crippen LogP contribution in [-0.2, 0) is 0 Å². The maximum absolute atomic E-state index is 4.69. The van der Waals surface area contributed by atoms with Crippen LogP contribution in [0.4, 0.5) is 0 Å². The van der Waals surface area contributed by atoms with E-state index in [0.29, 0.717) is 12.0 Å². The molecule has 144 valence electrons. The van der Waals surface area contributed by atoms with Gasteiger partial charge in [-0.25, -0.2) is 9.50 Å². The van der Waals surface area contributed by atoms with Crippen LogP contribution in [0.3, 0.4) is 0 Å². The third kappa shape index (κ3) is 3.10. The second-order valence-corrected chi connectivity index (χ2v) is 7.59. The molecule has 1 atom stereocenters. The maximum Gasteiger partial charge on any atom is 0.158 e. The molecule has 0 amide bonds. The molecule has 1 unspecified atom stereocenters. The fraction of sp³-hybridized carbons (Fsp3) is 0.318. The SMILES string of the molecule is CNC(C)c1ccc(-c2n[nH]c(-c3cc(C)c4ncnn4c3)c2C(C)C)cc1. The summed E-state index contributed by atoms with van der Waals surface area (Å²) in [7, 11) is 1.98. The largest absolute Gasteiger partial charge is 0.313 e. The third-order valence-corrected chi connectivity index (χ3v) is 5.35. The average molecular weight is 374 g/mol. The van der Waals surface area contributed by atoms with Crippen LogP contribution in [0, 0.1) is 6.92 Å². The van der Waals surface area contributed by atoms with E-state index < -0.39 is 0 Å². The molecule has 4 aromatic rings. The summed E-state index contributed by atoms with van der Waals surface area (Å²) in [6, 6.07) is 11.1. The standard InChI is InChI=1S/C22H26N6/c1-13(2)19-20(17-8-6-16(7-9-17)15(4)23-5)26-27-21(19)18-10-14(3)22-24-12-25-28(22)11-18/h6-13,15,23H,1-5H3,(H,26,27). The molecule has 4 rings (SSSR count). The number of aromatic amines is 1. The highest BCUT2D eigenvalue weighted by Crippen LogP contribution is 2.36. The number of hydrogen-bond acceptors (Lipinski definition) is 4. The van der Waals surface area contributed by atoms with Gasteiger partial charge in [-0.15, -0.1) is 0 Å². The molecule has 0 saturated heterocycles. The van der Waals surface area contributed by atoms with Crippen LogP contribution >= 0.6 is 0 Å². The Labute approximate surface area is 165 Å². The minimum Gasteiger partial charge on any atom is -0.313 e. The molecule has 28 heavy (non-hydrogen) atoms. The molecule has 0 bridgehead atoms. The Hall–Kier alpha value is -2.99. The quantitative estimate of drug-likeness (QED) is 0.540. The average Bonchev–Trinajstić information content (AvgIpc) is 3.34. The first kappa shape index (κ1) is 18.4. The van der Waals surface area contributed by atoms with Gasteiger partial charge in [0.25, 0.3) is 0 Å². The second kappa shape index (κ2) is 7.20. The van der Waals surface area contributed by atoms with Crippen molar-refractivity contribution in [2.24, 2.45) is 0 Å². The van der Waals surface area contributed by atoms with Gasteiger partial charge in [0, 0.05) is 28.9 Å². The molecule has 0 aliphatic carbocycles. The van der Waals surface area contributed by atoms with E-state index in [0.717, 1.165) is 33.7 Å². The highest BCUT2D eigenvalue weighted by molar-refractivity contribution is 5.75. The molecule has 1 aromatic carbocycles. The molecule has 0 aliphatic rings. The number of nitrogens with one attached hydrogen (secondary N) is 2. The zero-order valence-electron chi connectivity index (χ0n) is 17.0. The van der Waals surface area contributed by atoms with Crippen molar-refractivity contribution in [3.63, 3.8) is 0 Å². The van der Waals surface area contributed by atoms with Crippen LogP contribution in [0.1, 0.15) is 49.4 Å². The lowest BCUT2D eigenvalue weighted by Gasteiger charge is -2.13. The van der Waals surface area contributed by atoms with Crippen molar-refractivity contribution in [2.75, 3.05) is 7.05 Å². The summed E-state index contributed by atoms with van der Waals surface area (Å²) in [5.41, 5.74) is 8.68. The molecule has 3 aromatic heterocycles. The van der Waals surface area contributed by atoms with Crippen molar-refractivity contribution in [2.45, 2.75) is 39.7 Å². The van der Waals surface area contributed by atoms with Crippen molar-refractivity contribution >= 4 is 5.65 Å². The molecule has 0 saturated carbocycles. The van der Waals surface area contributed by atoms with E-state index in [4.69, 9.17) is 5.10 Å². The molecule has 0 radical (unpaired) electrons. The first-order chi connectivity index (χ1) is 13.5. The van der Waals surface area contributed by atoms with Crippen molar-refractivity contribution < 1.29 is 0 Å². The van der Waals surface area contributed by atoms with E-state index in [-0.39, 0.29) is 0 Å². The van der Waals surface area contributed by atoms with Crippen LogP contribution in [0.5, 0.6) is 0 Å². The number of aryl methyl sites for hydroxylation is 1. The molecule has 6 heteroatoms. The number of rotatable bonds is 5. The third-order valence-electron chi connectivity index (χ3n) is 5.35. The van der Waals surface area contributed by atoms with Gasteiger partial charge in [0.1, 0.15) is 6.33 Å². The summed E-state index contributed by atoms with van der Waals surface area (Å²) in [4.78, 5) is 4.31. The fourth-order valence-electron chi connectivity index (χ4n) is 3.68. The van der Waals surface area contributed by atoms with Gasteiger partial charge < -0.3 is 5.32 Å². The predicted octanol–water partition coefficient (Wildman–Crippen LogP) is 4.50. The van der Waals surface area contributed by atoms with E-state index >= 15 is 0 Å². The van der Waals surface area contributed by atoms with Gasteiger partial charge in [0.05, 0.1) is 11.4 Å². The van der Waals surface area contributed by atoms with E-state index in [9.17, 15) is 0 Å². The lowest BCUT2D eigenvalue weighted by Crippen LogP contribution is -2.11. The topological polar surface area (TPSA) is 70.9 Å². The maximum atomic E-state index is 4.69. The normalized spacial score (nSPS) is 12.8. The Morgan fingerprint density at radius 2 is 1.82 bits per heavy atom. The molecular formula is C22H26N6. The van der Waals surface area contributed by atoms with E-state index in [1.165, 1.54) is 11.1 Å². The summed E-state index contributed by atoms with van der Waals surface area (Å²) in [5, 5.41) is 15.6. The van der Waals surface area contributed by atoms with Crippen LogP contribution in [0.15, 0.2) is 42.9 Å². The highest BCUT2D eigenvalue weighted by atomic mass is 15.3. The van der Waals surface area contributed by atoms with Gasteiger partial charge in [-0.3, -0.25) is 5.10 Å². The lowest BCUT2D eigenvalue weighted by atomic mass is 9.93. The monoisotopic (exact) mass is 374 g/mol. The summed E-state index contributed by atoms with van der Waals surface area (Å²) in [6.07, 6.45) is 3.60. The highest BCUT2D eigenvalue weighted by Gasteiger charge is 2.20. The van der Waals surface area contributed by atoms with Gasteiger partial charge in [0.15, 0.2) is 5.65 Å². The van der Waals surface area contributed by atoms with Crippen LogP contribution in [0.2, 0.25) is 0 Å². The Morgan fingerprint density at radius 1 is 1.07 bits per heavy atom. The van der Waals surface area contributed by atoms with E-state index in [1.807, 2.05) is 17.8 Å². The Morgan fingerprint density at radius 3 is 2.50 bits per heavy atom. The first-order valence-corrected chi connectivity index (χ1v) is 9.65. The molecule has 6 nitrogen and oxygen atoms in total. The van der Waals surface area contributed by atoms with Crippen LogP contribution in [0.25, 0.3) is 28.2 Å². The van der Waals surface area contributed by atoms with Gasteiger partial charge in [-0.05, 0) is 44.0 Å². The summed E-state index contributed by atoms with van der Waals surface area (Å²) in [6.45, 7) is 8.62. The molecule has 0 aliphatic heterocycles. The molecule has 0 spiro atoms. The van der Waals surface area contributed by atoms with Crippen molar-refractivity contribution in [1.29, 1.82) is 0 Å². The number of pyridine rings is 1. The van der Waals surface area contributed by atoms with Crippen molar-refractivity contribution in [3.8, 4) is 22.5 Å². The lowest BCUT2D eigenvalue weighted by molar-refractivity contribution is 0.652. The first-order valence-electron chi connectivity index (χ1n) is 9.65. The number of benzene rings is 1. The van der Waals surface area contributed by atoms with E-state index in [1.54, 1.807) is 6.33 Å².